The van der Waals surface area contributed by atoms with Gasteiger partial charge in [-0.2, -0.15) is 0 Å². The summed E-state index contributed by atoms with van der Waals surface area (Å²) in [6.45, 7) is 6.40. The number of carbonyl (C=O) groups is 1. The van der Waals surface area contributed by atoms with Crippen molar-refractivity contribution in [3.8, 4) is 0 Å². The number of carbonyl (C=O) groups excluding carboxylic acids is 1. The molecule has 1 atom stereocenters. The van der Waals surface area contributed by atoms with Gasteiger partial charge in [0.25, 0.3) is 0 Å². The second-order valence-corrected chi connectivity index (χ2v) is 5.05. The molecule has 1 aliphatic heterocycles. The number of fused-ring (bicyclic) bond motifs is 1. The Morgan fingerprint density at radius 3 is 2.69 bits per heavy atom. The Hall–Kier alpha value is -1.31. The van der Waals surface area contributed by atoms with Gasteiger partial charge in [-0.15, -0.1) is 0 Å². The third kappa shape index (κ3) is 1.73. The van der Waals surface area contributed by atoms with Gasteiger partial charge in [0.05, 0.1) is 0 Å². The van der Waals surface area contributed by atoms with Crippen LogP contribution < -0.4 is 4.90 Å². The summed E-state index contributed by atoms with van der Waals surface area (Å²) in [6, 6.07) is 6.46. The predicted octanol–water partition coefficient (Wildman–Crippen LogP) is 2.97. The summed E-state index contributed by atoms with van der Waals surface area (Å²) in [4.78, 5) is 13.6. The maximum Gasteiger partial charge on any atom is 0.229 e. The Kier molecular flexibility index (Phi) is 2.75. The van der Waals surface area contributed by atoms with Crippen LogP contribution in [0.2, 0.25) is 0 Å². The highest BCUT2D eigenvalue weighted by Crippen LogP contribution is 2.31. The Labute approximate surface area is 97.3 Å². The fraction of sp³-hybridized carbons (Fsp3) is 0.500. The molecule has 2 nitrogen and oxygen atoms in total. The molecule has 1 unspecified atom stereocenters. The van der Waals surface area contributed by atoms with Gasteiger partial charge in [-0.25, -0.2) is 0 Å². The van der Waals surface area contributed by atoms with Crippen LogP contribution in [-0.2, 0) is 11.2 Å². The normalized spacial score (nSPS) is 20.2. The summed E-state index contributed by atoms with van der Waals surface area (Å²) in [5.74, 6) is 0.883. The molecule has 0 N–H and O–H groups in total. The van der Waals surface area contributed by atoms with E-state index in [2.05, 4.69) is 32.0 Å². The number of hydrogen-bond donors (Lipinski definition) is 0. The molecule has 1 amide bonds. The zero-order valence-electron chi connectivity index (χ0n) is 10.4. The largest absolute Gasteiger partial charge is 0.315 e. The van der Waals surface area contributed by atoms with Crippen molar-refractivity contribution in [1.29, 1.82) is 0 Å². The molecule has 1 heterocycles. The minimum absolute atomic E-state index is 0.111. The van der Waals surface area contributed by atoms with E-state index >= 15 is 0 Å². The summed E-state index contributed by atoms with van der Waals surface area (Å²) in [5.41, 5.74) is 3.74. The average Bonchev–Trinajstić information content (AvgIpc) is 2.25. The zero-order valence-corrected chi connectivity index (χ0v) is 10.4. The maximum atomic E-state index is 11.8. The molecule has 86 valence electrons. The van der Waals surface area contributed by atoms with E-state index in [1.165, 1.54) is 11.1 Å². The second-order valence-electron chi connectivity index (χ2n) is 5.05. The Morgan fingerprint density at radius 1 is 1.38 bits per heavy atom. The lowest BCUT2D eigenvalue weighted by molar-refractivity contribution is -0.121. The van der Waals surface area contributed by atoms with E-state index in [4.69, 9.17) is 0 Å². The lowest BCUT2D eigenvalue weighted by atomic mass is 9.90. The van der Waals surface area contributed by atoms with Crippen molar-refractivity contribution >= 4 is 11.6 Å². The molecule has 0 spiro atoms. The highest BCUT2D eigenvalue weighted by molar-refractivity contribution is 5.97. The van der Waals surface area contributed by atoms with Gasteiger partial charge in [0.1, 0.15) is 0 Å². The lowest BCUT2D eigenvalue weighted by Crippen LogP contribution is -2.37. The van der Waals surface area contributed by atoms with Gasteiger partial charge < -0.3 is 4.90 Å². The molecule has 0 fully saturated rings. The van der Waals surface area contributed by atoms with E-state index < -0.39 is 0 Å². The third-order valence-corrected chi connectivity index (χ3v) is 3.41. The van der Waals surface area contributed by atoms with Gasteiger partial charge in [-0.05, 0) is 29.5 Å². The molecule has 2 heteroatoms. The van der Waals surface area contributed by atoms with Crippen LogP contribution in [0.3, 0.4) is 0 Å². The molecule has 16 heavy (non-hydrogen) atoms. The molecule has 1 aromatic carbocycles. The number of rotatable bonds is 1. The van der Waals surface area contributed by atoms with Crippen molar-refractivity contribution in [2.24, 2.45) is 5.92 Å². The first-order valence-electron chi connectivity index (χ1n) is 5.91. The van der Waals surface area contributed by atoms with Crippen molar-refractivity contribution in [2.45, 2.75) is 33.1 Å². The molecule has 1 aliphatic rings. The fourth-order valence-corrected chi connectivity index (χ4v) is 2.32. The topological polar surface area (TPSA) is 20.3 Å². The standard InChI is InChI=1S/C14H19NO/c1-9(2)11-5-6-13-12(8-11)7-10(3)14(16)15(13)4/h5-6,8-10H,7H2,1-4H3. The van der Waals surface area contributed by atoms with Crippen molar-refractivity contribution in [3.63, 3.8) is 0 Å². The quantitative estimate of drug-likeness (QED) is 0.708. The van der Waals surface area contributed by atoms with E-state index in [9.17, 15) is 4.79 Å². The molecule has 0 radical (unpaired) electrons. The Balaban J connectivity index is 2.45. The summed E-state index contributed by atoms with van der Waals surface area (Å²) in [7, 11) is 1.87. The molecule has 0 bridgehead atoms. The maximum absolute atomic E-state index is 11.8. The molecule has 0 aliphatic carbocycles. The number of nitrogens with zero attached hydrogens (tertiary/aromatic N) is 1. The van der Waals surface area contributed by atoms with Crippen LogP contribution in [0, 0.1) is 5.92 Å². The van der Waals surface area contributed by atoms with E-state index in [1.54, 1.807) is 4.90 Å². The van der Waals surface area contributed by atoms with E-state index in [0.717, 1.165) is 12.1 Å². The third-order valence-electron chi connectivity index (χ3n) is 3.41. The first-order valence-corrected chi connectivity index (χ1v) is 5.91. The summed E-state index contributed by atoms with van der Waals surface area (Å²) in [5, 5.41) is 0. The van der Waals surface area contributed by atoms with Gasteiger partial charge in [-0.1, -0.05) is 32.9 Å². The zero-order chi connectivity index (χ0) is 11.9. The van der Waals surface area contributed by atoms with Crippen LogP contribution in [0.1, 0.15) is 37.8 Å². The minimum atomic E-state index is 0.111. The molecule has 1 aromatic rings. The molecule has 2 rings (SSSR count). The monoisotopic (exact) mass is 217 g/mol. The van der Waals surface area contributed by atoms with Crippen LogP contribution in [-0.4, -0.2) is 13.0 Å². The van der Waals surface area contributed by atoms with Gasteiger partial charge in [-0.3, -0.25) is 4.79 Å². The second kappa shape index (κ2) is 3.93. The van der Waals surface area contributed by atoms with Gasteiger partial charge >= 0.3 is 0 Å². The Bertz CT molecular complexity index is 423. The van der Waals surface area contributed by atoms with Gasteiger partial charge in [0, 0.05) is 18.7 Å². The minimum Gasteiger partial charge on any atom is -0.315 e. The summed E-state index contributed by atoms with van der Waals surface area (Å²) >= 11 is 0. The van der Waals surface area contributed by atoms with Crippen LogP contribution in [0.4, 0.5) is 5.69 Å². The van der Waals surface area contributed by atoms with E-state index in [-0.39, 0.29) is 11.8 Å². The smallest absolute Gasteiger partial charge is 0.229 e. The van der Waals surface area contributed by atoms with Crippen LogP contribution in [0.5, 0.6) is 0 Å². The molecule has 0 aromatic heterocycles. The number of benzene rings is 1. The van der Waals surface area contributed by atoms with E-state index in [0.29, 0.717) is 5.92 Å². The molecular formula is C14H19NO. The van der Waals surface area contributed by atoms with Crippen molar-refractivity contribution in [2.75, 3.05) is 11.9 Å². The Morgan fingerprint density at radius 2 is 2.06 bits per heavy atom. The van der Waals surface area contributed by atoms with Crippen LogP contribution in [0.15, 0.2) is 18.2 Å². The van der Waals surface area contributed by atoms with E-state index in [1.807, 2.05) is 14.0 Å². The van der Waals surface area contributed by atoms with Crippen LogP contribution in [0.25, 0.3) is 0 Å². The average molecular weight is 217 g/mol. The summed E-state index contributed by atoms with van der Waals surface area (Å²) in [6.07, 6.45) is 0.874. The number of anilines is 1. The van der Waals surface area contributed by atoms with Gasteiger partial charge in [0.2, 0.25) is 5.91 Å². The van der Waals surface area contributed by atoms with Crippen molar-refractivity contribution in [1.82, 2.24) is 0 Å². The fourth-order valence-electron chi connectivity index (χ4n) is 2.32. The van der Waals surface area contributed by atoms with Crippen molar-refractivity contribution < 1.29 is 4.79 Å². The first kappa shape index (κ1) is 11.2. The SMILES string of the molecule is CC1Cc2cc(C(C)C)ccc2N(C)C1=O. The molecule has 0 saturated carbocycles. The molecule has 0 saturated heterocycles. The highest BCUT2D eigenvalue weighted by Gasteiger charge is 2.27. The van der Waals surface area contributed by atoms with Crippen molar-refractivity contribution in [3.05, 3.63) is 29.3 Å². The lowest BCUT2D eigenvalue weighted by Gasteiger charge is -2.30. The molecular weight excluding hydrogens is 198 g/mol. The number of hydrogen-bond acceptors (Lipinski definition) is 1. The van der Waals surface area contributed by atoms with Crippen LogP contribution >= 0.6 is 0 Å². The predicted molar refractivity (Wildman–Crippen MR) is 66.8 cm³/mol. The van der Waals surface area contributed by atoms with Gasteiger partial charge in [0.15, 0.2) is 0 Å². The summed E-state index contributed by atoms with van der Waals surface area (Å²) < 4.78 is 0. The highest BCUT2D eigenvalue weighted by atomic mass is 16.2. The number of amides is 1. The first-order chi connectivity index (χ1) is 7.50.